The molecule has 0 spiro atoms. The Bertz CT molecular complexity index is 11.5. The molecule has 0 aliphatic heterocycles. The van der Waals surface area contributed by atoms with Crippen LogP contribution < -0.4 is 116 Å². The summed E-state index contributed by atoms with van der Waals surface area (Å²) in [6.45, 7) is 0.194. The molecule has 0 aliphatic rings. The fourth-order valence-corrected chi connectivity index (χ4v) is 0. The zero-order valence-electron chi connectivity index (χ0n) is 4.65. The SMILES string of the molecule is C[N-]C[NH-].[Rb+].[Rb+]. The monoisotopic (exact) mass is 228 g/mol. The smallest absolute Gasteiger partial charge is 0.696 e. The number of nitrogens with one attached hydrogen (secondary N) is 1. The molecule has 0 bridgehead atoms. The minimum Gasteiger partial charge on any atom is -0.696 e. The summed E-state index contributed by atoms with van der Waals surface area (Å²) in [4.78, 5) is 0. The van der Waals surface area contributed by atoms with Crippen LogP contribution in [0.4, 0.5) is 0 Å². The van der Waals surface area contributed by atoms with Gasteiger partial charge in [-0.3, -0.25) is 6.67 Å². The van der Waals surface area contributed by atoms with Crippen LogP contribution in [0.1, 0.15) is 0 Å². The molecule has 1 N–H and O–H groups in total. The molecular weight excluding hydrogens is 223 g/mol. The first kappa shape index (κ1) is 16.3. The van der Waals surface area contributed by atoms with Gasteiger partial charge in [0, 0.05) is 0 Å². The fourth-order valence-electron chi connectivity index (χ4n) is 0. The summed E-state index contributed by atoms with van der Waals surface area (Å²) in [6, 6.07) is 0. The summed E-state index contributed by atoms with van der Waals surface area (Å²) in [7, 11) is 1.62. The van der Waals surface area contributed by atoms with Crippen LogP contribution in [0.3, 0.4) is 0 Å². The Labute approximate surface area is 137 Å². The van der Waals surface area contributed by atoms with Crippen LogP contribution in [0.25, 0.3) is 11.1 Å². The predicted octanol–water partition coefficient (Wildman–Crippen LogP) is -4.99. The molecule has 0 fully saturated rings. The van der Waals surface area contributed by atoms with Gasteiger partial charge in [-0.15, -0.1) is 0 Å². The van der Waals surface area contributed by atoms with E-state index < -0.39 is 0 Å². The van der Waals surface area contributed by atoms with Gasteiger partial charge in [-0.1, -0.05) is 0 Å². The van der Waals surface area contributed by atoms with Crippen molar-refractivity contribution in [1.82, 2.24) is 0 Å². The van der Waals surface area contributed by atoms with Gasteiger partial charge in [0.05, 0.1) is 0 Å². The van der Waals surface area contributed by atoms with Gasteiger partial charge >= 0.3 is 116 Å². The molecule has 6 heavy (non-hydrogen) atoms. The van der Waals surface area contributed by atoms with Gasteiger partial charge in [0.2, 0.25) is 0 Å². The molecule has 4 heteroatoms. The van der Waals surface area contributed by atoms with Crippen molar-refractivity contribution < 1.29 is 116 Å². The zero-order valence-corrected chi connectivity index (χ0v) is 14.5. The molecule has 0 amide bonds. The maximum absolute atomic E-state index is 6.28. The van der Waals surface area contributed by atoms with Crippen molar-refractivity contribution in [3.8, 4) is 0 Å². The third kappa shape index (κ3) is 15.6. The van der Waals surface area contributed by atoms with E-state index in [1.807, 2.05) is 0 Å². The first-order chi connectivity index (χ1) is 1.91. The molecule has 26 valence electrons. The molecule has 0 aromatic heterocycles. The van der Waals surface area contributed by atoms with Gasteiger partial charge in [-0.25, -0.2) is 0 Å². The minimum absolute atomic E-state index is 0. The van der Waals surface area contributed by atoms with Crippen molar-refractivity contribution in [1.29, 1.82) is 0 Å². The van der Waals surface area contributed by atoms with E-state index in [0.29, 0.717) is 0 Å². The summed E-state index contributed by atoms with van der Waals surface area (Å²) in [5, 5.41) is 3.40. The predicted molar refractivity (Wildman–Crippen MR) is 18.5 cm³/mol. The standard InChI is InChI=1S/C2H6N2.2Rb/c1-4-2-3;;/h3H,2H2,1H3;;/q-2;2*+1. The van der Waals surface area contributed by atoms with E-state index in [1.54, 1.807) is 7.05 Å². The summed E-state index contributed by atoms with van der Waals surface area (Å²) in [6.07, 6.45) is 0. The van der Waals surface area contributed by atoms with Crippen LogP contribution in [0.15, 0.2) is 0 Å². The Morgan fingerprint density at radius 3 is 1.67 bits per heavy atom. The molecule has 0 saturated carbocycles. The van der Waals surface area contributed by atoms with E-state index in [1.165, 1.54) is 0 Å². The van der Waals surface area contributed by atoms with Crippen molar-refractivity contribution in [3.63, 3.8) is 0 Å². The number of hydrogen-bond acceptors (Lipinski definition) is 0. The van der Waals surface area contributed by atoms with Gasteiger partial charge in [-0.05, 0) is 0 Å². The molecule has 0 rings (SSSR count). The second kappa shape index (κ2) is 15.8. The Balaban J connectivity index is -0.0000000450. The van der Waals surface area contributed by atoms with Crippen LogP contribution in [-0.2, 0) is 0 Å². The van der Waals surface area contributed by atoms with E-state index in [9.17, 15) is 0 Å². The van der Waals surface area contributed by atoms with E-state index in [-0.39, 0.29) is 123 Å². The van der Waals surface area contributed by atoms with E-state index in [2.05, 4.69) is 5.32 Å². The van der Waals surface area contributed by atoms with Crippen molar-refractivity contribution in [3.05, 3.63) is 11.1 Å². The average Bonchev–Trinajstić information content (AvgIpc) is 1.37. The largest absolute Gasteiger partial charge is 1.00 e. The van der Waals surface area contributed by atoms with Gasteiger partial charge in [0.1, 0.15) is 0 Å². The molecule has 2 nitrogen and oxygen atoms in total. The Morgan fingerprint density at radius 1 is 1.50 bits per heavy atom. The third-order valence-electron chi connectivity index (χ3n) is 0.158. The van der Waals surface area contributed by atoms with E-state index >= 15 is 0 Å². The van der Waals surface area contributed by atoms with Crippen LogP contribution >= 0.6 is 0 Å². The Hall–Kier alpha value is 3.53. The van der Waals surface area contributed by atoms with Crippen molar-refractivity contribution in [2.75, 3.05) is 13.7 Å². The second-order valence-corrected chi connectivity index (χ2v) is 0.474. The van der Waals surface area contributed by atoms with Crippen molar-refractivity contribution in [2.45, 2.75) is 0 Å². The van der Waals surface area contributed by atoms with Gasteiger partial charge < -0.3 is 11.1 Å². The summed E-state index contributed by atoms with van der Waals surface area (Å²) in [5.41, 5.74) is 6.28. The molecule has 0 aromatic carbocycles. The molecule has 0 heterocycles. The topological polar surface area (TPSA) is 37.9 Å². The molecule has 0 unspecified atom stereocenters. The molecular formula is C2H6N2Rb2. The van der Waals surface area contributed by atoms with Crippen LogP contribution in [0.5, 0.6) is 0 Å². The maximum Gasteiger partial charge on any atom is 1.00 e. The second-order valence-electron chi connectivity index (χ2n) is 0.474. The van der Waals surface area contributed by atoms with Crippen LogP contribution in [0, 0.1) is 0 Å². The number of rotatable bonds is 1. The first-order valence-corrected chi connectivity index (χ1v) is 1.12. The van der Waals surface area contributed by atoms with Gasteiger partial charge in [-0.2, -0.15) is 7.05 Å². The first-order valence-electron chi connectivity index (χ1n) is 1.12. The molecule has 0 aromatic rings. The van der Waals surface area contributed by atoms with Crippen molar-refractivity contribution in [2.24, 2.45) is 0 Å². The van der Waals surface area contributed by atoms with E-state index in [4.69, 9.17) is 5.73 Å². The fraction of sp³-hybridized carbons (Fsp3) is 1.00. The summed E-state index contributed by atoms with van der Waals surface area (Å²) >= 11 is 0. The normalized spacial score (nSPS) is 5.00. The summed E-state index contributed by atoms with van der Waals surface area (Å²) in [5.74, 6) is 0. The van der Waals surface area contributed by atoms with Gasteiger partial charge in [0.15, 0.2) is 0 Å². The van der Waals surface area contributed by atoms with Crippen molar-refractivity contribution >= 4 is 0 Å². The third-order valence-corrected chi connectivity index (χ3v) is 0.158. The quantitative estimate of drug-likeness (QED) is 0.432. The van der Waals surface area contributed by atoms with E-state index in [0.717, 1.165) is 0 Å². The number of hydrogen-bond donors (Lipinski definition) is 0. The maximum atomic E-state index is 6.28. The molecule has 0 atom stereocenters. The average molecular weight is 229 g/mol. The van der Waals surface area contributed by atoms with Crippen LogP contribution in [-0.4, -0.2) is 13.7 Å². The number of nitrogens with zero attached hydrogens (tertiary/aromatic N) is 1. The molecule has 0 aliphatic carbocycles. The van der Waals surface area contributed by atoms with Gasteiger partial charge in [0.25, 0.3) is 0 Å². The van der Waals surface area contributed by atoms with Crippen LogP contribution in [0.2, 0.25) is 0 Å². The zero-order chi connectivity index (χ0) is 3.41. The molecule has 0 radical (unpaired) electrons. The molecule has 0 saturated heterocycles. The Kier molecular flexibility index (Phi) is 42.9. The summed E-state index contributed by atoms with van der Waals surface area (Å²) < 4.78 is 0. The Morgan fingerprint density at radius 2 is 1.67 bits per heavy atom. The minimum atomic E-state index is 0.